The number of pyridine rings is 1. The van der Waals surface area contributed by atoms with Crippen molar-refractivity contribution in [2.24, 2.45) is 11.1 Å². The van der Waals surface area contributed by atoms with Gasteiger partial charge in [0.1, 0.15) is 11.3 Å². The number of rotatable bonds is 1. The Labute approximate surface area is 123 Å². The summed E-state index contributed by atoms with van der Waals surface area (Å²) in [6.45, 7) is 6.63. The van der Waals surface area contributed by atoms with E-state index in [0.29, 0.717) is 13.1 Å². The Morgan fingerprint density at radius 1 is 1.38 bits per heavy atom. The second kappa shape index (κ2) is 5.02. The van der Waals surface area contributed by atoms with Gasteiger partial charge in [0.05, 0.1) is 18.2 Å². The van der Waals surface area contributed by atoms with Crippen LogP contribution >= 0.6 is 0 Å². The molecule has 0 saturated carbocycles. The second-order valence-electron chi connectivity index (χ2n) is 6.33. The lowest BCUT2D eigenvalue weighted by atomic mass is 9.98. The summed E-state index contributed by atoms with van der Waals surface area (Å²) in [5, 5.41) is 4.13. The minimum atomic E-state index is -0.493. The molecule has 2 atom stereocenters. The van der Waals surface area contributed by atoms with Gasteiger partial charge in [0.2, 0.25) is 0 Å². The van der Waals surface area contributed by atoms with Crippen LogP contribution in [0.1, 0.15) is 26.5 Å². The first-order valence-electron chi connectivity index (χ1n) is 7.07. The molecule has 0 unspecified atom stereocenters. The fourth-order valence-electron chi connectivity index (χ4n) is 2.56. The maximum Gasteiger partial charge on any atom is 0.410 e. The molecule has 6 heteroatoms. The molecule has 0 spiro atoms. The molecule has 0 bridgehead atoms. The van der Waals surface area contributed by atoms with Gasteiger partial charge in [0.15, 0.2) is 6.10 Å². The van der Waals surface area contributed by atoms with Crippen molar-refractivity contribution in [1.29, 1.82) is 0 Å². The third kappa shape index (κ3) is 2.84. The summed E-state index contributed by atoms with van der Waals surface area (Å²) in [5.74, 6) is 0.0624. The van der Waals surface area contributed by atoms with E-state index < -0.39 is 5.60 Å². The molecule has 1 aromatic rings. The highest BCUT2D eigenvalue weighted by Gasteiger charge is 2.45. The molecule has 1 fully saturated rings. The highest BCUT2D eigenvalue weighted by molar-refractivity contribution is 6.02. The van der Waals surface area contributed by atoms with E-state index in [2.05, 4.69) is 10.1 Å². The predicted molar refractivity (Wildman–Crippen MR) is 76.9 cm³/mol. The highest BCUT2D eigenvalue weighted by atomic mass is 16.6. The fourth-order valence-corrected chi connectivity index (χ4v) is 2.56. The van der Waals surface area contributed by atoms with Gasteiger partial charge in [0.25, 0.3) is 0 Å². The summed E-state index contributed by atoms with van der Waals surface area (Å²) in [5.41, 5.74) is 1.12. The van der Waals surface area contributed by atoms with Crippen LogP contribution in [0, 0.1) is 5.92 Å². The van der Waals surface area contributed by atoms with E-state index in [1.165, 1.54) is 0 Å². The van der Waals surface area contributed by atoms with E-state index in [1.54, 1.807) is 11.1 Å². The van der Waals surface area contributed by atoms with Crippen molar-refractivity contribution in [2.45, 2.75) is 32.5 Å². The quantitative estimate of drug-likeness (QED) is 0.793. The lowest BCUT2D eigenvalue weighted by Gasteiger charge is -2.24. The summed E-state index contributed by atoms with van der Waals surface area (Å²) in [6.07, 6.45) is 1.32. The number of carbonyl (C=O) groups excluding carboxylic acids is 1. The normalized spacial score (nSPS) is 24.3. The Kier molecular flexibility index (Phi) is 3.31. The average Bonchev–Trinajstić information content (AvgIpc) is 2.97. The molecule has 3 rings (SSSR count). The maximum atomic E-state index is 12.1. The van der Waals surface area contributed by atoms with Crippen molar-refractivity contribution in [3.63, 3.8) is 0 Å². The predicted octanol–water partition coefficient (Wildman–Crippen LogP) is 2.05. The Balaban J connectivity index is 1.70. The monoisotopic (exact) mass is 289 g/mol. The number of carbonyl (C=O) groups is 1. The van der Waals surface area contributed by atoms with Gasteiger partial charge < -0.3 is 14.5 Å². The van der Waals surface area contributed by atoms with E-state index in [9.17, 15) is 4.79 Å². The SMILES string of the molecule is CC(C)(C)OC(=O)N1C[C@@H]2ON=C(c3ccccn3)[C@@H]2C1. The standard InChI is InChI=1S/C15H19N3O3/c1-15(2,3)20-14(19)18-8-10-12(9-18)21-17-13(10)11-6-4-5-7-16-11/h4-7,10,12H,8-9H2,1-3H3/t10-,12+/m1/s1. The molecule has 3 heterocycles. The van der Waals surface area contributed by atoms with E-state index in [4.69, 9.17) is 9.57 Å². The zero-order valence-corrected chi connectivity index (χ0v) is 12.4. The minimum absolute atomic E-state index is 0.0624. The Hall–Kier alpha value is -2.11. The van der Waals surface area contributed by atoms with E-state index in [-0.39, 0.29) is 18.1 Å². The van der Waals surface area contributed by atoms with Crippen LogP contribution in [-0.4, -0.2) is 46.5 Å². The molecular weight excluding hydrogens is 270 g/mol. The van der Waals surface area contributed by atoms with Gasteiger partial charge in [-0.3, -0.25) is 4.98 Å². The number of oxime groups is 1. The number of amides is 1. The van der Waals surface area contributed by atoms with Crippen LogP contribution in [0.25, 0.3) is 0 Å². The number of hydrogen-bond donors (Lipinski definition) is 0. The largest absolute Gasteiger partial charge is 0.444 e. The average molecular weight is 289 g/mol. The van der Waals surface area contributed by atoms with Gasteiger partial charge in [-0.1, -0.05) is 11.2 Å². The van der Waals surface area contributed by atoms with Gasteiger partial charge in [-0.25, -0.2) is 4.79 Å². The van der Waals surface area contributed by atoms with Gasteiger partial charge in [0, 0.05) is 12.7 Å². The van der Waals surface area contributed by atoms with Crippen molar-refractivity contribution in [3.05, 3.63) is 30.1 Å². The molecule has 1 saturated heterocycles. The number of hydrogen-bond acceptors (Lipinski definition) is 5. The summed E-state index contributed by atoms with van der Waals surface area (Å²) in [7, 11) is 0. The van der Waals surface area contributed by atoms with Crippen molar-refractivity contribution in [1.82, 2.24) is 9.88 Å². The Morgan fingerprint density at radius 2 is 2.19 bits per heavy atom. The zero-order valence-electron chi connectivity index (χ0n) is 12.4. The smallest absolute Gasteiger partial charge is 0.410 e. The van der Waals surface area contributed by atoms with Crippen molar-refractivity contribution in [2.75, 3.05) is 13.1 Å². The molecule has 112 valence electrons. The van der Waals surface area contributed by atoms with Crippen LogP contribution in [0.2, 0.25) is 0 Å². The summed E-state index contributed by atoms with van der Waals surface area (Å²) >= 11 is 0. The first-order chi connectivity index (χ1) is 9.94. The molecular formula is C15H19N3O3. The maximum absolute atomic E-state index is 12.1. The van der Waals surface area contributed by atoms with Gasteiger partial charge in [-0.05, 0) is 32.9 Å². The number of ether oxygens (including phenoxy) is 1. The van der Waals surface area contributed by atoms with Crippen LogP contribution < -0.4 is 0 Å². The van der Waals surface area contributed by atoms with Crippen LogP contribution in [-0.2, 0) is 9.57 Å². The number of nitrogens with zero attached hydrogens (tertiary/aromatic N) is 3. The molecule has 21 heavy (non-hydrogen) atoms. The summed E-state index contributed by atoms with van der Waals surface area (Å²) in [6, 6.07) is 5.68. The van der Waals surface area contributed by atoms with Crippen LogP contribution in [0.3, 0.4) is 0 Å². The first-order valence-corrected chi connectivity index (χ1v) is 7.07. The van der Waals surface area contributed by atoms with Crippen LogP contribution in [0.15, 0.2) is 29.6 Å². The Morgan fingerprint density at radius 3 is 2.86 bits per heavy atom. The molecule has 0 aliphatic carbocycles. The number of fused-ring (bicyclic) bond motifs is 1. The van der Waals surface area contributed by atoms with Gasteiger partial charge >= 0.3 is 6.09 Å². The topological polar surface area (TPSA) is 64.0 Å². The molecule has 0 radical (unpaired) electrons. The molecule has 1 amide bonds. The third-order valence-corrected chi connectivity index (χ3v) is 3.48. The summed E-state index contributed by atoms with van der Waals surface area (Å²) < 4.78 is 5.40. The first kappa shape index (κ1) is 13.9. The van der Waals surface area contributed by atoms with Crippen molar-refractivity contribution >= 4 is 11.8 Å². The van der Waals surface area contributed by atoms with E-state index in [0.717, 1.165) is 11.4 Å². The zero-order chi connectivity index (χ0) is 15.0. The molecule has 2 aliphatic rings. The van der Waals surface area contributed by atoms with E-state index in [1.807, 2.05) is 39.0 Å². The lowest BCUT2D eigenvalue weighted by Crippen LogP contribution is -2.36. The molecule has 1 aromatic heterocycles. The molecule has 0 aromatic carbocycles. The Bertz CT molecular complexity index is 565. The molecule has 2 aliphatic heterocycles. The third-order valence-electron chi connectivity index (χ3n) is 3.48. The van der Waals surface area contributed by atoms with Crippen LogP contribution in [0.5, 0.6) is 0 Å². The fraction of sp³-hybridized carbons (Fsp3) is 0.533. The van der Waals surface area contributed by atoms with Gasteiger partial charge in [-0.2, -0.15) is 0 Å². The molecule has 0 N–H and O–H groups in total. The number of aromatic nitrogens is 1. The lowest BCUT2D eigenvalue weighted by molar-refractivity contribution is 0.0228. The second-order valence-corrected chi connectivity index (χ2v) is 6.33. The van der Waals surface area contributed by atoms with Crippen molar-refractivity contribution in [3.8, 4) is 0 Å². The van der Waals surface area contributed by atoms with Crippen LogP contribution in [0.4, 0.5) is 4.79 Å². The van der Waals surface area contributed by atoms with Gasteiger partial charge in [-0.15, -0.1) is 0 Å². The van der Waals surface area contributed by atoms with E-state index >= 15 is 0 Å². The summed E-state index contributed by atoms with van der Waals surface area (Å²) in [4.78, 5) is 23.6. The molecule has 6 nitrogen and oxygen atoms in total. The number of likely N-dealkylation sites (tertiary alicyclic amines) is 1. The minimum Gasteiger partial charge on any atom is -0.444 e. The van der Waals surface area contributed by atoms with Crippen molar-refractivity contribution < 1.29 is 14.4 Å². The highest BCUT2D eigenvalue weighted by Crippen LogP contribution is 2.30.